The zero-order valence-corrected chi connectivity index (χ0v) is 23.4. The van der Waals surface area contributed by atoms with Crippen LogP contribution in [0.15, 0.2) is 59.5 Å². The number of urea groups is 1. The molecule has 0 radical (unpaired) electrons. The first-order chi connectivity index (χ1) is 18.3. The minimum absolute atomic E-state index is 0.112. The van der Waals surface area contributed by atoms with Crippen LogP contribution < -0.4 is 10.6 Å². The van der Waals surface area contributed by atoms with Crippen molar-refractivity contribution in [2.75, 3.05) is 19.6 Å². The molecular formula is C28H37ClN4O4S. The van der Waals surface area contributed by atoms with Crippen molar-refractivity contribution in [3.63, 3.8) is 0 Å². The molecule has 2 aromatic carbocycles. The number of hydrogen-bond acceptors (Lipinski definition) is 4. The molecule has 2 N–H and O–H groups in total. The molecule has 0 bridgehead atoms. The summed E-state index contributed by atoms with van der Waals surface area (Å²) in [6.07, 6.45) is 4.61. The van der Waals surface area contributed by atoms with Crippen molar-refractivity contribution >= 4 is 33.6 Å². The molecule has 2 aliphatic rings. The largest absolute Gasteiger partial charge is 0.351 e. The van der Waals surface area contributed by atoms with Crippen LogP contribution in [0.25, 0.3) is 0 Å². The van der Waals surface area contributed by atoms with E-state index in [2.05, 4.69) is 10.6 Å². The van der Waals surface area contributed by atoms with Crippen LogP contribution >= 0.6 is 11.6 Å². The maximum Gasteiger partial charge on any atom is 0.317 e. The molecule has 10 heteroatoms. The van der Waals surface area contributed by atoms with Gasteiger partial charge in [-0.2, -0.15) is 4.31 Å². The number of likely N-dealkylation sites (tertiary alicyclic amines) is 1. The van der Waals surface area contributed by atoms with Crippen LogP contribution in [0.4, 0.5) is 4.79 Å². The number of piperidine rings is 1. The van der Waals surface area contributed by atoms with Gasteiger partial charge in [0.25, 0.3) is 0 Å². The van der Waals surface area contributed by atoms with Crippen molar-refractivity contribution in [3.8, 4) is 0 Å². The van der Waals surface area contributed by atoms with E-state index in [1.165, 1.54) is 0 Å². The molecule has 4 rings (SSSR count). The summed E-state index contributed by atoms with van der Waals surface area (Å²) in [5, 5.41) is 6.60. The van der Waals surface area contributed by atoms with Gasteiger partial charge in [-0.3, -0.25) is 4.79 Å². The van der Waals surface area contributed by atoms with Crippen molar-refractivity contribution in [2.45, 2.75) is 69.0 Å². The molecule has 3 atom stereocenters. The van der Waals surface area contributed by atoms with Crippen molar-refractivity contribution in [1.29, 1.82) is 0 Å². The number of carbonyl (C=O) groups excluding carboxylic acids is 2. The normalized spacial score (nSPS) is 22.2. The first kappa shape index (κ1) is 28.4. The molecule has 1 saturated carbocycles. The maximum absolute atomic E-state index is 14.0. The zero-order valence-electron chi connectivity index (χ0n) is 21.8. The lowest BCUT2D eigenvalue weighted by molar-refractivity contribution is -0.127. The molecule has 0 spiro atoms. The Kier molecular flexibility index (Phi) is 9.68. The van der Waals surface area contributed by atoms with Gasteiger partial charge in [-0.15, -0.1) is 0 Å². The molecule has 8 nitrogen and oxygen atoms in total. The SMILES string of the molecule is CCNC(=O)N1CCCC(C(=O)N[C@@H]2CCCC[C@H]2N(Cc2ccc(Cl)cc2)S(=O)(=O)c2ccccc2)C1. The molecule has 1 saturated heterocycles. The van der Waals surface area contributed by atoms with Crippen molar-refractivity contribution < 1.29 is 18.0 Å². The Morgan fingerprint density at radius 2 is 1.71 bits per heavy atom. The van der Waals surface area contributed by atoms with Gasteiger partial charge in [0.15, 0.2) is 0 Å². The van der Waals surface area contributed by atoms with Crippen molar-refractivity contribution in [3.05, 3.63) is 65.2 Å². The Hall–Kier alpha value is -2.62. The first-order valence-corrected chi connectivity index (χ1v) is 15.3. The Bertz CT molecular complexity index is 1190. The Balaban J connectivity index is 1.57. The lowest BCUT2D eigenvalue weighted by Crippen LogP contribution is -2.57. The van der Waals surface area contributed by atoms with Crippen LogP contribution in [0.1, 0.15) is 51.0 Å². The van der Waals surface area contributed by atoms with Crippen LogP contribution in [0.2, 0.25) is 5.02 Å². The van der Waals surface area contributed by atoms with Gasteiger partial charge >= 0.3 is 6.03 Å². The monoisotopic (exact) mass is 560 g/mol. The fourth-order valence-electron chi connectivity index (χ4n) is 5.44. The van der Waals surface area contributed by atoms with Gasteiger partial charge in [-0.25, -0.2) is 13.2 Å². The van der Waals surface area contributed by atoms with Crippen LogP contribution in [0.3, 0.4) is 0 Å². The van der Waals surface area contributed by atoms with Crippen LogP contribution in [-0.4, -0.2) is 61.3 Å². The summed E-state index contributed by atoms with van der Waals surface area (Å²) < 4.78 is 29.5. The number of nitrogens with one attached hydrogen (secondary N) is 2. The number of carbonyl (C=O) groups is 2. The van der Waals surface area contributed by atoms with E-state index in [0.717, 1.165) is 24.8 Å². The summed E-state index contributed by atoms with van der Waals surface area (Å²) >= 11 is 6.08. The van der Waals surface area contributed by atoms with E-state index in [-0.39, 0.29) is 35.3 Å². The number of nitrogens with zero attached hydrogens (tertiary/aromatic N) is 2. The standard InChI is InChI=1S/C28H37ClN4O4S/c1-2-30-28(35)32-18-8-9-22(20-32)27(34)31-25-12-6-7-13-26(25)33(19-21-14-16-23(29)17-15-21)38(36,37)24-10-4-3-5-11-24/h3-5,10-11,14-17,22,25-26H,2,6-9,12-13,18-20H2,1H3,(H,30,35)(H,31,34)/t22?,25-,26-/m1/s1. The molecule has 206 valence electrons. The summed E-state index contributed by atoms with van der Waals surface area (Å²) in [6, 6.07) is 14.8. The average molecular weight is 561 g/mol. The van der Waals surface area contributed by atoms with Gasteiger partial charge in [0.1, 0.15) is 0 Å². The molecule has 38 heavy (non-hydrogen) atoms. The van der Waals surface area contributed by atoms with Crippen molar-refractivity contribution in [2.24, 2.45) is 5.92 Å². The fourth-order valence-corrected chi connectivity index (χ4v) is 7.27. The predicted molar refractivity (Wildman–Crippen MR) is 148 cm³/mol. The molecule has 1 unspecified atom stereocenters. The Labute approximate surface area is 230 Å². The summed E-state index contributed by atoms with van der Waals surface area (Å²) in [6.45, 7) is 3.58. The Morgan fingerprint density at radius 1 is 1.00 bits per heavy atom. The van der Waals surface area contributed by atoms with E-state index in [1.807, 2.05) is 19.1 Å². The van der Waals surface area contributed by atoms with Crippen LogP contribution in [-0.2, 0) is 21.4 Å². The topological polar surface area (TPSA) is 98.8 Å². The lowest BCUT2D eigenvalue weighted by atomic mass is 9.89. The molecule has 2 aromatic rings. The molecular weight excluding hydrogens is 524 g/mol. The van der Waals surface area contributed by atoms with Crippen LogP contribution in [0.5, 0.6) is 0 Å². The summed E-state index contributed by atoms with van der Waals surface area (Å²) in [7, 11) is -3.84. The number of sulfonamides is 1. The molecule has 1 heterocycles. The molecule has 0 aromatic heterocycles. The van der Waals surface area contributed by atoms with Gasteiger partial charge in [0.2, 0.25) is 15.9 Å². The third-order valence-corrected chi connectivity index (χ3v) is 9.57. The molecule has 3 amide bonds. The highest BCUT2D eigenvalue weighted by Gasteiger charge is 2.39. The second kappa shape index (κ2) is 13.0. The van der Waals surface area contributed by atoms with Gasteiger partial charge < -0.3 is 15.5 Å². The second-order valence-corrected chi connectivity index (χ2v) is 12.4. The minimum atomic E-state index is -3.84. The maximum atomic E-state index is 14.0. The molecule has 1 aliphatic carbocycles. The van der Waals surface area contributed by atoms with Crippen molar-refractivity contribution in [1.82, 2.24) is 19.8 Å². The third kappa shape index (κ3) is 6.87. The molecule has 2 fully saturated rings. The van der Waals surface area contributed by atoms with E-state index >= 15 is 0 Å². The number of benzene rings is 2. The van der Waals surface area contributed by atoms with Crippen LogP contribution in [0, 0.1) is 5.92 Å². The quantitative estimate of drug-likeness (QED) is 0.500. The van der Waals surface area contributed by atoms with E-state index in [9.17, 15) is 18.0 Å². The highest BCUT2D eigenvalue weighted by Crippen LogP contribution is 2.31. The van der Waals surface area contributed by atoms with Gasteiger partial charge in [-0.05, 0) is 62.4 Å². The summed E-state index contributed by atoms with van der Waals surface area (Å²) in [5.74, 6) is -0.427. The Morgan fingerprint density at radius 3 is 2.42 bits per heavy atom. The van der Waals surface area contributed by atoms with Gasteiger partial charge in [0.05, 0.1) is 10.8 Å². The lowest BCUT2D eigenvalue weighted by Gasteiger charge is -2.40. The third-order valence-electron chi connectivity index (χ3n) is 7.44. The van der Waals surface area contributed by atoms with Gasteiger partial charge in [-0.1, -0.05) is 54.8 Å². The van der Waals surface area contributed by atoms with E-state index in [4.69, 9.17) is 11.6 Å². The predicted octanol–water partition coefficient (Wildman–Crippen LogP) is 4.40. The fraction of sp³-hybridized carbons (Fsp3) is 0.500. The highest BCUT2D eigenvalue weighted by molar-refractivity contribution is 7.89. The number of halogens is 1. The number of rotatable bonds is 8. The molecule has 1 aliphatic heterocycles. The minimum Gasteiger partial charge on any atom is -0.351 e. The number of hydrogen-bond donors (Lipinski definition) is 2. The second-order valence-electron chi connectivity index (χ2n) is 10.1. The summed E-state index contributed by atoms with van der Waals surface area (Å²) in [5.41, 5.74) is 0.828. The number of amides is 3. The average Bonchev–Trinajstić information content (AvgIpc) is 2.94. The summed E-state index contributed by atoms with van der Waals surface area (Å²) in [4.78, 5) is 27.7. The van der Waals surface area contributed by atoms with Gasteiger partial charge in [0, 0.05) is 43.3 Å². The van der Waals surface area contributed by atoms with E-state index in [1.54, 1.807) is 51.7 Å². The van der Waals surface area contributed by atoms with E-state index < -0.39 is 16.1 Å². The zero-order chi connectivity index (χ0) is 27.1. The first-order valence-electron chi connectivity index (χ1n) is 13.4. The highest BCUT2D eigenvalue weighted by atomic mass is 35.5. The van der Waals surface area contributed by atoms with E-state index in [0.29, 0.717) is 43.9 Å². The smallest absolute Gasteiger partial charge is 0.317 e.